The molecule has 1 aromatic heterocycles. The van der Waals surface area contributed by atoms with E-state index in [0.717, 1.165) is 17.8 Å². The molecular formula is C31H42N4O4. The normalized spacial score (nSPS) is 12.8. The van der Waals surface area contributed by atoms with Crippen LogP contribution in [0.1, 0.15) is 38.0 Å². The fourth-order valence-electron chi connectivity index (χ4n) is 3.83. The van der Waals surface area contributed by atoms with Gasteiger partial charge in [0.15, 0.2) is 0 Å². The number of hydrogen-bond donors (Lipinski definition) is 6. The Morgan fingerprint density at radius 2 is 1.87 bits per heavy atom. The van der Waals surface area contributed by atoms with Gasteiger partial charge >= 0.3 is 0 Å². The van der Waals surface area contributed by atoms with Gasteiger partial charge in [-0.1, -0.05) is 30.4 Å². The second-order valence-corrected chi connectivity index (χ2v) is 9.73. The standard InChI is InChI=1S/C29H38N4O4.C2H4/c1-4-21(6-5-17-37-19-29(2,3)30)32-22-9-7-20(8-10-22)15-16-31-18-26(35)23-11-13-25(34)28-24(23)12-14-27(36)33-28;1-2/h4-14,26,31-32,34-35H,15-19,30H2,1-3H3,(H,33,36);1-2H2/b6-5-,21-4+;. The molecule has 0 aliphatic heterocycles. The van der Waals surface area contributed by atoms with Crippen molar-refractivity contribution in [1.82, 2.24) is 10.3 Å². The maximum Gasteiger partial charge on any atom is 0.248 e. The van der Waals surface area contributed by atoms with Gasteiger partial charge in [-0.2, -0.15) is 0 Å². The van der Waals surface area contributed by atoms with Crippen LogP contribution in [0, 0.1) is 0 Å². The first-order valence-electron chi connectivity index (χ1n) is 13.0. The Balaban J connectivity index is 0.00000260. The number of aromatic amines is 1. The zero-order chi connectivity index (χ0) is 28.8. The summed E-state index contributed by atoms with van der Waals surface area (Å²) in [6.07, 6.45) is 5.98. The molecule has 0 fully saturated rings. The predicted octanol–water partition coefficient (Wildman–Crippen LogP) is 4.53. The first-order chi connectivity index (χ1) is 18.7. The van der Waals surface area contributed by atoms with Crippen molar-refractivity contribution in [3.05, 3.63) is 107 Å². The number of pyridine rings is 1. The molecule has 0 saturated carbocycles. The maximum absolute atomic E-state index is 11.6. The minimum Gasteiger partial charge on any atom is -0.506 e. The molecule has 8 nitrogen and oxygen atoms in total. The average molecular weight is 535 g/mol. The molecule has 8 heteroatoms. The molecule has 1 heterocycles. The van der Waals surface area contributed by atoms with E-state index in [1.54, 1.807) is 12.1 Å². The number of aliphatic hydroxyl groups is 1. The second kappa shape index (κ2) is 15.7. The zero-order valence-electron chi connectivity index (χ0n) is 23.2. The minimum absolute atomic E-state index is 0.0206. The number of benzene rings is 2. The number of anilines is 1. The summed E-state index contributed by atoms with van der Waals surface area (Å²) in [4.78, 5) is 14.2. The summed E-state index contributed by atoms with van der Waals surface area (Å²) >= 11 is 0. The summed E-state index contributed by atoms with van der Waals surface area (Å²) < 4.78 is 5.56. The molecule has 0 aliphatic carbocycles. The number of aromatic hydroxyl groups is 1. The third-order valence-electron chi connectivity index (χ3n) is 5.73. The lowest BCUT2D eigenvalue weighted by molar-refractivity contribution is 0.120. The molecule has 39 heavy (non-hydrogen) atoms. The number of phenols is 1. The average Bonchev–Trinajstić information content (AvgIpc) is 2.92. The number of phenolic OH excluding ortho intramolecular Hbond substituents is 1. The Morgan fingerprint density at radius 3 is 2.54 bits per heavy atom. The number of fused-ring (bicyclic) bond motifs is 1. The maximum atomic E-state index is 11.6. The van der Waals surface area contributed by atoms with E-state index in [-0.39, 0.29) is 16.8 Å². The van der Waals surface area contributed by atoms with Crippen LogP contribution in [0.5, 0.6) is 5.75 Å². The Hall–Kier alpha value is -3.69. The second-order valence-electron chi connectivity index (χ2n) is 9.73. The third-order valence-corrected chi connectivity index (χ3v) is 5.73. The molecule has 7 N–H and O–H groups in total. The smallest absolute Gasteiger partial charge is 0.248 e. The summed E-state index contributed by atoms with van der Waals surface area (Å²) in [5.41, 5.74) is 9.40. The van der Waals surface area contributed by atoms with Gasteiger partial charge in [-0.3, -0.25) is 4.79 Å². The van der Waals surface area contributed by atoms with Gasteiger partial charge in [0.25, 0.3) is 0 Å². The molecular weight excluding hydrogens is 492 g/mol. The van der Waals surface area contributed by atoms with Gasteiger partial charge in [-0.25, -0.2) is 0 Å². The lowest BCUT2D eigenvalue weighted by Crippen LogP contribution is -2.37. The minimum atomic E-state index is -0.778. The monoisotopic (exact) mass is 534 g/mol. The molecule has 0 radical (unpaired) electrons. The van der Waals surface area contributed by atoms with Crippen molar-refractivity contribution >= 4 is 16.6 Å². The highest BCUT2D eigenvalue weighted by atomic mass is 16.5. The van der Waals surface area contributed by atoms with Gasteiger partial charge in [-0.15, -0.1) is 13.2 Å². The molecule has 2 aromatic carbocycles. The lowest BCUT2D eigenvalue weighted by Gasteiger charge is -2.17. The fourth-order valence-corrected chi connectivity index (χ4v) is 3.83. The first kappa shape index (κ1) is 31.5. The Bertz CT molecular complexity index is 1290. The highest BCUT2D eigenvalue weighted by Gasteiger charge is 2.14. The van der Waals surface area contributed by atoms with Crippen molar-refractivity contribution in [1.29, 1.82) is 0 Å². The van der Waals surface area contributed by atoms with Gasteiger partial charge < -0.3 is 36.3 Å². The molecule has 3 aromatic rings. The van der Waals surface area contributed by atoms with E-state index in [0.29, 0.717) is 42.8 Å². The van der Waals surface area contributed by atoms with Crippen LogP contribution in [0.25, 0.3) is 10.9 Å². The van der Waals surface area contributed by atoms with Crippen LogP contribution < -0.4 is 21.9 Å². The van der Waals surface area contributed by atoms with Gasteiger partial charge in [-0.05, 0) is 75.2 Å². The number of nitrogens with two attached hydrogens (primary N) is 1. The topological polar surface area (TPSA) is 133 Å². The van der Waals surface area contributed by atoms with E-state index < -0.39 is 6.10 Å². The number of allylic oxidation sites excluding steroid dienone is 2. The van der Waals surface area contributed by atoms with Crippen molar-refractivity contribution in [3.8, 4) is 5.75 Å². The molecule has 1 unspecified atom stereocenters. The van der Waals surface area contributed by atoms with E-state index in [1.807, 2.05) is 51.1 Å². The summed E-state index contributed by atoms with van der Waals surface area (Å²) in [5.74, 6) is -0.0206. The summed E-state index contributed by atoms with van der Waals surface area (Å²) in [6, 6.07) is 14.4. The fraction of sp³-hybridized carbons (Fsp3) is 0.323. The summed E-state index contributed by atoms with van der Waals surface area (Å²) in [6.45, 7) is 13.9. The van der Waals surface area contributed by atoms with E-state index in [1.165, 1.54) is 17.7 Å². The molecule has 0 bridgehead atoms. The van der Waals surface area contributed by atoms with Crippen molar-refractivity contribution in [3.63, 3.8) is 0 Å². The predicted molar refractivity (Wildman–Crippen MR) is 161 cm³/mol. The summed E-state index contributed by atoms with van der Waals surface area (Å²) in [5, 5.41) is 28.0. The molecule has 0 amide bonds. The SMILES string of the molecule is C/C=C(\C=C/COCC(C)(C)N)Nc1ccc(CCNCC(O)c2ccc(O)c3[nH]c(=O)ccc23)cc1.C=C. The van der Waals surface area contributed by atoms with Crippen LogP contribution in [-0.4, -0.2) is 47.0 Å². The van der Waals surface area contributed by atoms with Crippen LogP contribution >= 0.6 is 0 Å². The Labute approximate surface area is 230 Å². The van der Waals surface area contributed by atoms with E-state index in [2.05, 4.69) is 40.9 Å². The highest BCUT2D eigenvalue weighted by Crippen LogP contribution is 2.28. The van der Waals surface area contributed by atoms with Crippen molar-refractivity contribution in [2.24, 2.45) is 5.73 Å². The van der Waals surface area contributed by atoms with Gasteiger partial charge in [0.05, 0.1) is 24.8 Å². The number of nitrogens with one attached hydrogen (secondary N) is 3. The van der Waals surface area contributed by atoms with Crippen LogP contribution in [-0.2, 0) is 11.2 Å². The zero-order valence-corrected chi connectivity index (χ0v) is 23.2. The third kappa shape index (κ3) is 10.5. The molecule has 1 atom stereocenters. The van der Waals surface area contributed by atoms with Gasteiger partial charge in [0, 0.05) is 34.9 Å². The number of hydrogen-bond acceptors (Lipinski definition) is 7. The van der Waals surface area contributed by atoms with E-state index >= 15 is 0 Å². The largest absolute Gasteiger partial charge is 0.506 e. The molecule has 0 aliphatic rings. The highest BCUT2D eigenvalue weighted by molar-refractivity contribution is 5.87. The molecule has 210 valence electrons. The van der Waals surface area contributed by atoms with Crippen LogP contribution in [0.2, 0.25) is 0 Å². The van der Waals surface area contributed by atoms with Crippen LogP contribution in [0.15, 0.2) is 90.4 Å². The van der Waals surface area contributed by atoms with E-state index in [4.69, 9.17) is 10.5 Å². The number of H-pyrrole nitrogens is 1. The summed E-state index contributed by atoms with van der Waals surface area (Å²) in [7, 11) is 0. The quantitative estimate of drug-likeness (QED) is 0.108. The van der Waals surface area contributed by atoms with Crippen molar-refractivity contribution in [2.45, 2.75) is 38.8 Å². The van der Waals surface area contributed by atoms with Gasteiger partial charge in [0.1, 0.15) is 5.75 Å². The van der Waals surface area contributed by atoms with Crippen molar-refractivity contribution < 1.29 is 14.9 Å². The number of aromatic nitrogens is 1. The molecule has 0 saturated heterocycles. The molecule has 0 spiro atoms. The number of aliphatic hydroxyl groups excluding tert-OH is 1. The van der Waals surface area contributed by atoms with Crippen LogP contribution in [0.4, 0.5) is 5.69 Å². The first-order valence-corrected chi connectivity index (χ1v) is 13.0. The lowest BCUT2D eigenvalue weighted by atomic mass is 10.0. The van der Waals surface area contributed by atoms with Crippen LogP contribution in [0.3, 0.4) is 0 Å². The van der Waals surface area contributed by atoms with Gasteiger partial charge in [0.2, 0.25) is 5.56 Å². The number of ether oxygens (including phenoxy) is 1. The number of rotatable bonds is 13. The Morgan fingerprint density at radius 1 is 1.15 bits per heavy atom. The van der Waals surface area contributed by atoms with E-state index in [9.17, 15) is 15.0 Å². The Kier molecular flexibility index (Phi) is 12.7. The molecule has 3 rings (SSSR count). The van der Waals surface area contributed by atoms with Crippen molar-refractivity contribution in [2.75, 3.05) is 31.6 Å².